The van der Waals surface area contributed by atoms with Crippen molar-refractivity contribution in [2.45, 2.75) is 110 Å². The van der Waals surface area contributed by atoms with Crippen LogP contribution in [0.1, 0.15) is 145 Å². The molecule has 2 heterocycles. The van der Waals surface area contributed by atoms with Gasteiger partial charge in [-0.05, 0) is 82.3 Å². The maximum atomic E-state index is 14.4. The first-order valence-electron chi connectivity index (χ1n) is 18.9. The lowest BCUT2D eigenvalue weighted by atomic mass is 9.82. The number of nitrogens with zero attached hydrogens (tertiary/aromatic N) is 2. The van der Waals surface area contributed by atoms with Gasteiger partial charge in [-0.3, -0.25) is 33.8 Å². The molecular formula is C43H46N2O6. The van der Waals surface area contributed by atoms with E-state index in [4.69, 9.17) is 5.11 Å². The first-order chi connectivity index (χ1) is 24.8. The van der Waals surface area contributed by atoms with Gasteiger partial charge in [-0.2, -0.15) is 0 Å². The Labute approximate surface area is 298 Å². The van der Waals surface area contributed by atoms with Gasteiger partial charge in [-0.25, -0.2) is 0 Å². The van der Waals surface area contributed by atoms with Crippen molar-refractivity contribution in [3.05, 3.63) is 70.8 Å². The first-order valence-corrected chi connectivity index (χ1v) is 18.9. The molecular weight excluding hydrogens is 640 g/mol. The fourth-order valence-electron chi connectivity index (χ4n) is 8.61. The third kappa shape index (κ3) is 5.92. The van der Waals surface area contributed by atoms with E-state index in [1.54, 1.807) is 17.0 Å². The largest absolute Gasteiger partial charge is 0.481 e. The van der Waals surface area contributed by atoms with Crippen LogP contribution < -0.4 is 0 Å². The first kappa shape index (κ1) is 34.6. The molecule has 0 saturated heterocycles. The normalized spacial score (nSPS) is 14.5. The molecule has 5 aromatic carbocycles. The second-order valence-corrected chi connectivity index (χ2v) is 14.4. The van der Waals surface area contributed by atoms with E-state index in [2.05, 4.69) is 13.8 Å². The molecule has 0 spiro atoms. The summed E-state index contributed by atoms with van der Waals surface area (Å²) in [6.45, 7) is 4.60. The molecule has 8 heteroatoms. The lowest BCUT2D eigenvalue weighted by Crippen LogP contribution is -2.47. The number of carboxylic acids is 1. The van der Waals surface area contributed by atoms with E-state index in [0.29, 0.717) is 52.3 Å². The molecule has 0 aromatic heterocycles. The second-order valence-electron chi connectivity index (χ2n) is 14.4. The van der Waals surface area contributed by atoms with Crippen molar-refractivity contribution in [1.82, 2.24) is 9.80 Å². The van der Waals surface area contributed by atoms with E-state index >= 15 is 0 Å². The summed E-state index contributed by atoms with van der Waals surface area (Å²) in [7, 11) is 0. The monoisotopic (exact) mass is 686 g/mol. The zero-order valence-corrected chi connectivity index (χ0v) is 29.7. The number of carbonyl (C=O) groups is 5. The molecule has 51 heavy (non-hydrogen) atoms. The van der Waals surface area contributed by atoms with Gasteiger partial charge in [0.2, 0.25) is 0 Å². The summed E-state index contributed by atoms with van der Waals surface area (Å²) >= 11 is 0. The van der Waals surface area contributed by atoms with E-state index in [9.17, 15) is 24.0 Å². The molecule has 4 amide bonds. The highest BCUT2D eigenvalue weighted by atomic mass is 16.4. The number of aliphatic carboxylic acids is 1. The van der Waals surface area contributed by atoms with Crippen LogP contribution >= 0.6 is 0 Å². The van der Waals surface area contributed by atoms with Crippen molar-refractivity contribution >= 4 is 72.7 Å². The van der Waals surface area contributed by atoms with Crippen molar-refractivity contribution in [2.75, 3.05) is 6.54 Å². The Balaban J connectivity index is 1.29. The lowest BCUT2D eigenvalue weighted by molar-refractivity contribution is -0.137. The van der Waals surface area contributed by atoms with E-state index < -0.39 is 5.97 Å². The molecule has 7 rings (SSSR count). The van der Waals surface area contributed by atoms with E-state index in [1.807, 2.05) is 36.4 Å². The number of carbonyl (C=O) groups excluding carboxylic acids is 4. The number of rotatable bonds is 17. The van der Waals surface area contributed by atoms with Gasteiger partial charge in [0.1, 0.15) is 0 Å². The van der Waals surface area contributed by atoms with Gasteiger partial charge < -0.3 is 5.11 Å². The second kappa shape index (κ2) is 14.4. The van der Waals surface area contributed by atoms with Crippen LogP contribution in [0.3, 0.4) is 0 Å². The van der Waals surface area contributed by atoms with Gasteiger partial charge in [0, 0.05) is 52.0 Å². The summed E-state index contributed by atoms with van der Waals surface area (Å²) in [5.41, 5.74) is 2.04. The van der Waals surface area contributed by atoms with E-state index in [0.717, 1.165) is 96.5 Å². The average Bonchev–Trinajstić information content (AvgIpc) is 3.13. The number of imide groups is 2. The maximum Gasteiger partial charge on any atom is 0.303 e. The number of carboxylic acid groups (broad SMARTS) is 1. The third-order valence-corrected chi connectivity index (χ3v) is 11.2. The van der Waals surface area contributed by atoms with Crippen LogP contribution in [0.5, 0.6) is 0 Å². The molecule has 0 bridgehead atoms. The van der Waals surface area contributed by atoms with Crippen LogP contribution in [0.25, 0.3) is 43.1 Å². The van der Waals surface area contributed by atoms with Crippen molar-refractivity contribution in [2.24, 2.45) is 0 Å². The zero-order valence-electron chi connectivity index (χ0n) is 29.7. The Morgan fingerprint density at radius 3 is 1.35 bits per heavy atom. The van der Waals surface area contributed by atoms with Crippen LogP contribution in [-0.4, -0.2) is 57.1 Å². The van der Waals surface area contributed by atoms with Crippen molar-refractivity contribution in [1.29, 1.82) is 0 Å². The number of amides is 4. The van der Waals surface area contributed by atoms with Gasteiger partial charge in [-0.15, -0.1) is 0 Å². The van der Waals surface area contributed by atoms with Gasteiger partial charge in [0.15, 0.2) is 0 Å². The minimum Gasteiger partial charge on any atom is -0.481 e. The molecule has 0 saturated carbocycles. The molecule has 2 aliphatic rings. The smallest absolute Gasteiger partial charge is 0.303 e. The number of benzene rings is 5. The van der Waals surface area contributed by atoms with Gasteiger partial charge in [0.25, 0.3) is 23.6 Å². The van der Waals surface area contributed by atoms with Crippen LogP contribution in [0.4, 0.5) is 0 Å². The quantitative estimate of drug-likeness (QED) is 0.0451. The Morgan fingerprint density at radius 1 is 0.529 bits per heavy atom. The summed E-state index contributed by atoms with van der Waals surface area (Å²) in [6, 6.07) is 15.0. The summed E-state index contributed by atoms with van der Waals surface area (Å²) in [4.78, 5) is 70.0. The van der Waals surface area contributed by atoms with E-state index in [-0.39, 0.29) is 42.6 Å². The molecule has 0 atom stereocenters. The van der Waals surface area contributed by atoms with Gasteiger partial charge in [-0.1, -0.05) is 95.9 Å². The molecule has 0 fully saturated rings. The Kier molecular flexibility index (Phi) is 9.77. The molecule has 1 N–H and O–H groups in total. The van der Waals surface area contributed by atoms with Crippen LogP contribution in [0.2, 0.25) is 0 Å². The van der Waals surface area contributed by atoms with Crippen LogP contribution in [0.15, 0.2) is 48.5 Å². The minimum absolute atomic E-state index is 0.0617. The highest BCUT2D eigenvalue weighted by Crippen LogP contribution is 2.46. The molecule has 8 nitrogen and oxygen atoms in total. The molecule has 264 valence electrons. The van der Waals surface area contributed by atoms with E-state index in [1.165, 1.54) is 4.90 Å². The number of fused-ring (bicyclic) bond motifs is 2. The molecule has 2 aliphatic heterocycles. The van der Waals surface area contributed by atoms with Crippen molar-refractivity contribution in [3.8, 4) is 0 Å². The highest BCUT2D eigenvalue weighted by molar-refractivity contribution is 6.41. The summed E-state index contributed by atoms with van der Waals surface area (Å²) in [5, 5.41) is 15.5. The molecule has 5 aromatic rings. The fraction of sp³-hybridized carbons (Fsp3) is 0.419. The highest BCUT2D eigenvalue weighted by Gasteiger charge is 2.39. The Bertz CT molecular complexity index is 2070. The number of hydrogen-bond acceptors (Lipinski definition) is 5. The predicted octanol–water partition coefficient (Wildman–Crippen LogP) is 9.88. The van der Waals surface area contributed by atoms with Gasteiger partial charge in [0.05, 0.1) is 0 Å². The average molecular weight is 687 g/mol. The summed E-state index contributed by atoms with van der Waals surface area (Å²) in [6.07, 6.45) is 12.0. The predicted molar refractivity (Wildman–Crippen MR) is 201 cm³/mol. The van der Waals surface area contributed by atoms with Crippen molar-refractivity contribution < 1.29 is 29.1 Å². The third-order valence-electron chi connectivity index (χ3n) is 11.2. The number of hydrogen-bond donors (Lipinski definition) is 1. The Morgan fingerprint density at radius 2 is 0.941 bits per heavy atom. The van der Waals surface area contributed by atoms with Crippen LogP contribution in [-0.2, 0) is 4.79 Å². The molecule has 0 radical (unpaired) electrons. The molecule has 0 aliphatic carbocycles. The maximum absolute atomic E-state index is 14.4. The molecule has 0 unspecified atom stereocenters. The van der Waals surface area contributed by atoms with Crippen molar-refractivity contribution in [3.63, 3.8) is 0 Å². The standard InChI is InChI=1S/C43H46N2O6/c1-3-5-7-10-14-26(15-11-8-6-4-2)45-42(50)33-23-19-29-27-17-21-31-38-32(41(49)44(40(31)48)25-13-9-12-16-35(46)47)22-18-28(36(27)38)30-20-24-34(43(45)51)39(33)37(29)30/h17-24,26H,3-16,25H2,1-2H3,(H,46,47). The SMILES string of the molecule is CCCCCCC(CCCCCC)N1C(=O)c2ccc3c4ccc5c6c(ccc(c7ccc(c2c37)C1=O)c64)C(=O)N(CCCCCC(=O)O)C5=O. The number of unbranched alkanes of at least 4 members (excludes halogenated alkanes) is 8. The summed E-state index contributed by atoms with van der Waals surface area (Å²) in [5.74, 6) is -1.99. The lowest BCUT2D eigenvalue weighted by Gasteiger charge is -2.35. The summed E-state index contributed by atoms with van der Waals surface area (Å²) < 4.78 is 0. The van der Waals surface area contributed by atoms with Gasteiger partial charge >= 0.3 is 5.97 Å². The topological polar surface area (TPSA) is 112 Å². The minimum atomic E-state index is -0.856. The van der Waals surface area contributed by atoms with Crippen LogP contribution in [0, 0.1) is 0 Å². The zero-order chi connectivity index (χ0) is 35.8. The fourth-order valence-corrected chi connectivity index (χ4v) is 8.61. The Hall–Kier alpha value is -4.85.